The number of hydrogen-bond acceptors (Lipinski definition) is 5. The van der Waals surface area contributed by atoms with Gasteiger partial charge in [0.25, 0.3) is 5.91 Å². The molecule has 7 nitrogen and oxygen atoms in total. The summed E-state index contributed by atoms with van der Waals surface area (Å²) in [6, 6.07) is 1.59. The van der Waals surface area contributed by atoms with E-state index < -0.39 is 18.1 Å². The van der Waals surface area contributed by atoms with Gasteiger partial charge in [0.1, 0.15) is 11.5 Å². The fourth-order valence-corrected chi connectivity index (χ4v) is 4.44. The molecule has 1 aliphatic carbocycles. The van der Waals surface area contributed by atoms with Crippen LogP contribution in [0.1, 0.15) is 86.9 Å². The Balaban J connectivity index is 1.89. The van der Waals surface area contributed by atoms with Crippen molar-refractivity contribution in [2.45, 2.75) is 91.3 Å². The number of aliphatic hydroxyl groups is 1. The van der Waals surface area contributed by atoms with E-state index >= 15 is 0 Å². The van der Waals surface area contributed by atoms with Crippen molar-refractivity contribution in [3.63, 3.8) is 0 Å². The highest BCUT2D eigenvalue weighted by molar-refractivity contribution is 5.93. The first-order valence-corrected chi connectivity index (χ1v) is 12.2. The van der Waals surface area contributed by atoms with Gasteiger partial charge in [0.15, 0.2) is 11.6 Å². The van der Waals surface area contributed by atoms with Crippen LogP contribution in [0.2, 0.25) is 0 Å². The molecule has 0 aliphatic heterocycles. The van der Waals surface area contributed by atoms with Gasteiger partial charge in [0, 0.05) is 19.2 Å². The molecule has 0 aromatic carbocycles. The molecule has 34 heavy (non-hydrogen) atoms. The van der Waals surface area contributed by atoms with Gasteiger partial charge in [0.2, 0.25) is 0 Å². The van der Waals surface area contributed by atoms with Gasteiger partial charge in [-0.1, -0.05) is 27.2 Å². The summed E-state index contributed by atoms with van der Waals surface area (Å²) >= 11 is 0. The minimum absolute atomic E-state index is 0.0450. The number of carbonyl (C=O) groups is 1. The number of carbonyl (C=O) groups excluding carboxylic acids is 1. The lowest BCUT2D eigenvalue weighted by Crippen LogP contribution is -2.45. The van der Waals surface area contributed by atoms with Gasteiger partial charge >= 0.3 is 6.61 Å². The Morgan fingerprint density at radius 1 is 1.35 bits per heavy atom. The number of halogens is 2. The Labute approximate surface area is 199 Å². The van der Waals surface area contributed by atoms with E-state index in [1.165, 1.54) is 0 Å². The molecule has 1 aliphatic rings. The zero-order chi connectivity index (χ0) is 24.9. The number of rotatable bonds is 10. The molecule has 0 spiro atoms. The van der Waals surface area contributed by atoms with Crippen LogP contribution in [0.4, 0.5) is 8.78 Å². The summed E-state index contributed by atoms with van der Waals surface area (Å²) in [6.07, 6.45) is 7.84. The smallest absolute Gasteiger partial charge is 0.387 e. The van der Waals surface area contributed by atoms with Crippen LogP contribution in [0.15, 0.2) is 12.3 Å². The van der Waals surface area contributed by atoms with Crippen LogP contribution in [0, 0.1) is 12.8 Å². The van der Waals surface area contributed by atoms with Gasteiger partial charge < -0.3 is 15.2 Å². The number of aromatic nitrogens is 3. The topological polar surface area (TPSA) is 89.3 Å². The molecule has 2 heterocycles. The van der Waals surface area contributed by atoms with Crippen LogP contribution in [0.3, 0.4) is 0 Å². The molecule has 188 valence electrons. The first kappa shape index (κ1) is 26.1. The number of unbranched alkanes of at least 4 members (excludes halogenated alkanes) is 1. The van der Waals surface area contributed by atoms with Gasteiger partial charge in [-0.15, -0.1) is 0 Å². The molecule has 1 amide bonds. The lowest BCUT2D eigenvalue weighted by Gasteiger charge is -2.34. The Kier molecular flexibility index (Phi) is 8.62. The summed E-state index contributed by atoms with van der Waals surface area (Å²) < 4.78 is 32.8. The number of alkyl halides is 2. The molecule has 1 fully saturated rings. The number of ether oxygens (including phenoxy) is 1. The van der Waals surface area contributed by atoms with Crippen molar-refractivity contribution in [3.05, 3.63) is 35.0 Å². The van der Waals surface area contributed by atoms with Crippen LogP contribution in [0.5, 0.6) is 5.75 Å². The van der Waals surface area contributed by atoms with Crippen molar-refractivity contribution in [3.8, 4) is 11.6 Å². The van der Waals surface area contributed by atoms with Gasteiger partial charge in [0.05, 0.1) is 11.3 Å². The molecule has 0 radical (unpaired) electrons. The maximum Gasteiger partial charge on any atom is 0.387 e. The summed E-state index contributed by atoms with van der Waals surface area (Å²) in [6.45, 7) is 4.94. The normalized spacial score (nSPS) is 20.5. The third-order valence-corrected chi connectivity index (χ3v) is 6.63. The predicted molar refractivity (Wildman–Crippen MR) is 126 cm³/mol. The SMILES string of the molecule is CCCCc1cnc(-n2c(CC)nc(C(=O)NCC3(O)CCC(C)CC3)c2C)c(OC(F)F)c1. The molecule has 1 saturated carbocycles. The Morgan fingerprint density at radius 3 is 2.68 bits per heavy atom. The van der Waals surface area contributed by atoms with Gasteiger partial charge in [-0.05, 0) is 63.0 Å². The van der Waals surface area contributed by atoms with Gasteiger partial charge in [-0.25, -0.2) is 9.97 Å². The van der Waals surface area contributed by atoms with Crippen LogP contribution in [-0.4, -0.2) is 44.3 Å². The molecule has 9 heteroatoms. The number of hydrogen-bond donors (Lipinski definition) is 2. The van der Waals surface area contributed by atoms with E-state index in [4.69, 9.17) is 4.74 Å². The highest BCUT2D eigenvalue weighted by Crippen LogP contribution is 2.32. The van der Waals surface area contributed by atoms with E-state index in [-0.39, 0.29) is 23.8 Å². The fourth-order valence-electron chi connectivity index (χ4n) is 4.44. The number of nitrogens with zero attached hydrogens (tertiary/aromatic N) is 3. The standard InChI is InChI=1S/C25H36F2N4O3/c1-5-7-8-18-13-19(34-24(26)27)22(28-14-18)31-17(4)21(30-20(31)6-2)23(32)29-15-25(33)11-9-16(3)10-12-25/h13-14,16,24,33H,5-12,15H2,1-4H3,(H,29,32). The summed E-state index contributed by atoms with van der Waals surface area (Å²) in [4.78, 5) is 21.9. The van der Waals surface area contributed by atoms with Crippen molar-refractivity contribution in [2.24, 2.45) is 5.92 Å². The molecular formula is C25H36F2N4O3. The van der Waals surface area contributed by atoms with Crippen LogP contribution >= 0.6 is 0 Å². The number of aryl methyl sites for hydroxylation is 2. The Hall–Kier alpha value is -2.55. The molecule has 0 saturated heterocycles. The third kappa shape index (κ3) is 6.11. The van der Waals surface area contributed by atoms with E-state index in [0.29, 0.717) is 43.1 Å². The molecule has 0 atom stereocenters. The second-order valence-electron chi connectivity index (χ2n) is 9.39. The van der Waals surface area contributed by atoms with Crippen molar-refractivity contribution >= 4 is 5.91 Å². The summed E-state index contributed by atoms with van der Waals surface area (Å²) in [7, 11) is 0. The zero-order valence-electron chi connectivity index (χ0n) is 20.5. The Morgan fingerprint density at radius 2 is 2.06 bits per heavy atom. The van der Waals surface area contributed by atoms with Crippen molar-refractivity contribution < 1.29 is 23.4 Å². The highest BCUT2D eigenvalue weighted by Gasteiger charge is 2.33. The summed E-state index contributed by atoms with van der Waals surface area (Å²) in [5, 5.41) is 13.6. The van der Waals surface area contributed by atoms with Gasteiger partial charge in [-0.2, -0.15) is 8.78 Å². The molecule has 0 unspecified atom stereocenters. The first-order chi connectivity index (χ1) is 16.2. The van der Waals surface area contributed by atoms with Crippen molar-refractivity contribution in [1.29, 1.82) is 0 Å². The van der Waals surface area contributed by atoms with E-state index in [1.807, 2.05) is 6.92 Å². The molecule has 3 rings (SSSR count). The van der Waals surface area contributed by atoms with Crippen molar-refractivity contribution in [1.82, 2.24) is 19.9 Å². The summed E-state index contributed by atoms with van der Waals surface area (Å²) in [5.41, 5.74) is 0.557. The minimum atomic E-state index is -3.00. The van der Waals surface area contributed by atoms with Crippen LogP contribution in [-0.2, 0) is 12.8 Å². The molecular weight excluding hydrogens is 442 g/mol. The number of amides is 1. The number of pyridine rings is 1. The molecule has 2 N–H and O–H groups in total. The third-order valence-electron chi connectivity index (χ3n) is 6.63. The average molecular weight is 479 g/mol. The van der Waals surface area contributed by atoms with Gasteiger partial charge in [-0.3, -0.25) is 9.36 Å². The first-order valence-electron chi connectivity index (χ1n) is 12.2. The predicted octanol–water partition coefficient (Wildman–Crippen LogP) is 4.75. The quantitative estimate of drug-likeness (QED) is 0.514. The maximum absolute atomic E-state index is 13.2. The lowest BCUT2D eigenvalue weighted by atomic mass is 9.79. The largest absolute Gasteiger partial charge is 0.431 e. The highest BCUT2D eigenvalue weighted by atomic mass is 19.3. The zero-order valence-corrected chi connectivity index (χ0v) is 20.5. The molecule has 0 bridgehead atoms. The van der Waals surface area contributed by atoms with E-state index in [1.54, 1.807) is 23.8 Å². The maximum atomic E-state index is 13.2. The van der Waals surface area contributed by atoms with Crippen LogP contribution < -0.4 is 10.1 Å². The lowest BCUT2D eigenvalue weighted by molar-refractivity contribution is -0.0501. The minimum Gasteiger partial charge on any atom is -0.431 e. The van der Waals surface area contributed by atoms with Crippen LogP contribution in [0.25, 0.3) is 5.82 Å². The van der Waals surface area contributed by atoms with Crippen molar-refractivity contribution in [2.75, 3.05) is 6.54 Å². The second-order valence-corrected chi connectivity index (χ2v) is 9.39. The number of nitrogens with one attached hydrogen (secondary N) is 1. The Bertz CT molecular complexity index is 985. The van der Waals surface area contributed by atoms with E-state index in [2.05, 4.69) is 29.1 Å². The fraction of sp³-hybridized carbons (Fsp3) is 0.640. The van der Waals surface area contributed by atoms with E-state index in [0.717, 1.165) is 31.2 Å². The molecule has 2 aromatic heterocycles. The summed E-state index contributed by atoms with van der Waals surface area (Å²) in [5.74, 6) is 0.818. The number of imidazole rings is 1. The monoisotopic (exact) mass is 478 g/mol. The average Bonchev–Trinajstić information content (AvgIpc) is 3.14. The second kappa shape index (κ2) is 11.3. The van der Waals surface area contributed by atoms with E-state index in [9.17, 15) is 18.7 Å². The molecule has 2 aromatic rings.